The average molecular weight is 162 g/mol. The second-order valence-electron chi connectivity index (χ2n) is 3.43. The molecule has 1 saturated heterocycles. The first-order chi connectivity index (χ1) is 4.70. The molecule has 0 amide bonds. The van der Waals surface area contributed by atoms with Gasteiger partial charge in [-0.25, -0.2) is 0 Å². The summed E-state index contributed by atoms with van der Waals surface area (Å²) in [6.45, 7) is 5.58. The third kappa shape index (κ3) is 2.14. The predicted molar refractivity (Wildman–Crippen MR) is 45.5 cm³/mol. The van der Waals surface area contributed by atoms with Crippen molar-refractivity contribution < 1.29 is 0 Å². The Morgan fingerprint density at radius 1 is 1.50 bits per heavy atom. The van der Waals surface area contributed by atoms with Crippen molar-refractivity contribution in [1.29, 1.82) is 0 Å². The lowest BCUT2D eigenvalue weighted by Gasteiger charge is -2.29. The summed E-state index contributed by atoms with van der Waals surface area (Å²) in [5.41, 5.74) is 0. The van der Waals surface area contributed by atoms with Crippen molar-refractivity contribution in [3.05, 3.63) is 0 Å². The number of alkyl halides is 1. The molecular formula is C8H16ClN. The fourth-order valence-electron chi connectivity index (χ4n) is 1.41. The molecule has 0 aromatic heterocycles. The molecular weight excluding hydrogens is 146 g/mol. The zero-order chi connectivity index (χ0) is 7.56. The van der Waals surface area contributed by atoms with Crippen LogP contribution >= 0.6 is 11.6 Å². The highest BCUT2D eigenvalue weighted by atomic mass is 35.5. The highest BCUT2D eigenvalue weighted by molar-refractivity contribution is 6.20. The lowest BCUT2D eigenvalue weighted by atomic mass is 9.95. The maximum Gasteiger partial charge on any atom is 0.0363 e. The van der Waals surface area contributed by atoms with Crippen LogP contribution in [0.2, 0.25) is 0 Å². The quantitative estimate of drug-likeness (QED) is 0.581. The number of halogens is 1. The Balaban J connectivity index is 2.32. The first-order valence-electron chi connectivity index (χ1n) is 4.07. The van der Waals surface area contributed by atoms with Crippen molar-refractivity contribution >= 4 is 11.6 Å². The molecule has 1 aliphatic rings. The van der Waals surface area contributed by atoms with E-state index >= 15 is 0 Å². The lowest BCUT2D eigenvalue weighted by Crippen LogP contribution is -2.41. The minimum Gasteiger partial charge on any atom is -0.314 e. The number of hydrogen-bond donors (Lipinski definition) is 1. The second kappa shape index (κ2) is 3.59. The van der Waals surface area contributed by atoms with E-state index in [1.54, 1.807) is 0 Å². The summed E-state index contributed by atoms with van der Waals surface area (Å²) in [5.74, 6) is 0.724. The fraction of sp³-hybridized carbons (Fsp3) is 1.00. The van der Waals surface area contributed by atoms with Gasteiger partial charge < -0.3 is 5.32 Å². The first-order valence-corrected chi connectivity index (χ1v) is 4.51. The minimum atomic E-state index is 0.411. The summed E-state index contributed by atoms with van der Waals surface area (Å²) < 4.78 is 0. The van der Waals surface area contributed by atoms with Gasteiger partial charge in [-0.2, -0.15) is 0 Å². The van der Waals surface area contributed by atoms with Gasteiger partial charge in [0, 0.05) is 11.4 Å². The minimum absolute atomic E-state index is 0.411. The molecule has 1 nitrogen and oxygen atoms in total. The van der Waals surface area contributed by atoms with Crippen LogP contribution in [0.15, 0.2) is 0 Å². The number of nitrogens with one attached hydrogen (secondary N) is 1. The van der Waals surface area contributed by atoms with Crippen LogP contribution in [0, 0.1) is 5.92 Å². The third-order valence-electron chi connectivity index (χ3n) is 2.18. The smallest absolute Gasteiger partial charge is 0.0363 e. The molecule has 1 N–H and O–H groups in total. The predicted octanol–water partition coefficient (Wildman–Crippen LogP) is 2.00. The molecule has 0 bridgehead atoms. The average Bonchev–Trinajstić information content (AvgIpc) is 1.88. The Morgan fingerprint density at radius 2 is 2.20 bits per heavy atom. The Labute approximate surface area is 68.1 Å². The van der Waals surface area contributed by atoms with Crippen LogP contribution in [0.1, 0.15) is 26.7 Å². The van der Waals surface area contributed by atoms with Crippen molar-refractivity contribution in [2.45, 2.75) is 38.1 Å². The fourth-order valence-corrected chi connectivity index (χ4v) is 1.71. The van der Waals surface area contributed by atoms with E-state index in [0.717, 1.165) is 25.3 Å². The second-order valence-corrected chi connectivity index (χ2v) is 4.04. The van der Waals surface area contributed by atoms with Crippen molar-refractivity contribution in [2.75, 3.05) is 6.54 Å². The summed E-state index contributed by atoms with van der Waals surface area (Å²) in [7, 11) is 0. The molecule has 1 rings (SSSR count). The monoisotopic (exact) mass is 161 g/mol. The van der Waals surface area contributed by atoms with Crippen LogP contribution in [-0.2, 0) is 0 Å². The molecule has 10 heavy (non-hydrogen) atoms. The van der Waals surface area contributed by atoms with E-state index in [1.807, 2.05) is 0 Å². The molecule has 0 aliphatic carbocycles. The van der Waals surface area contributed by atoms with Gasteiger partial charge in [0.1, 0.15) is 0 Å². The van der Waals surface area contributed by atoms with Gasteiger partial charge in [-0.3, -0.25) is 0 Å². The zero-order valence-electron chi connectivity index (χ0n) is 6.73. The molecule has 0 aromatic carbocycles. The van der Waals surface area contributed by atoms with E-state index in [9.17, 15) is 0 Å². The van der Waals surface area contributed by atoms with Crippen LogP contribution < -0.4 is 5.32 Å². The maximum atomic E-state index is 6.02. The number of piperidine rings is 1. The van der Waals surface area contributed by atoms with E-state index in [0.29, 0.717) is 11.4 Å². The van der Waals surface area contributed by atoms with Crippen molar-refractivity contribution in [2.24, 2.45) is 5.92 Å². The normalized spacial score (nSPS) is 34.8. The molecule has 1 heterocycles. The van der Waals surface area contributed by atoms with Gasteiger partial charge in [0.05, 0.1) is 0 Å². The molecule has 1 fully saturated rings. The summed E-state index contributed by atoms with van der Waals surface area (Å²) >= 11 is 6.02. The molecule has 1 aliphatic heterocycles. The molecule has 0 radical (unpaired) electrons. The maximum absolute atomic E-state index is 6.02. The molecule has 2 atom stereocenters. The summed E-state index contributed by atoms with van der Waals surface area (Å²) in [4.78, 5) is 0. The standard InChI is InChI=1S/C8H16ClN/c1-6(2)8-5-7(9)3-4-10-8/h6-8,10H,3-5H2,1-2H3. The molecule has 60 valence electrons. The van der Waals surface area contributed by atoms with E-state index in [1.165, 1.54) is 0 Å². The van der Waals surface area contributed by atoms with Crippen LogP contribution in [0.25, 0.3) is 0 Å². The van der Waals surface area contributed by atoms with Gasteiger partial charge in [0.2, 0.25) is 0 Å². The van der Waals surface area contributed by atoms with Crippen LogP contribution in [0.3, 0.4) is 0 Å². The van der Waals surface area contributed by atoms with E-state index in [4.69, 9.17) is 11.6 Å². The number of rotatable bonds is 1. The Kier molecular flexibility index (Phi) is 2.99. The Morgan fingerprint density at radius 3 is 2.60 bits per heavy atom. The SMILES string of the molecule is CC(C)C1CC(Cl)CCN1. The highest BCUT2D eigenvalue weighted by Gasteiger charge is 2.21. The molecule has 2 unspecified atom stereocenters. The zero-order valence-corrected chi connectivity index (χ0v) is 7.49. The summed E-state index contributed by atoms with van der Waals surface area (Å²) in [6, 6.07) is 0.649. The largest absolute Gasteiger partial charge is 0.314 e. The van der Waals surface area contributed by atoms with Crippen LogP contribution in [-0.4, -0.2) is 18.0 Å². The van der Waals surface area contributed by atoms with Gasteiger partial charge in [-0.1, -0.05) is 13.8 Å². The number of hydrogen-bond acceptors (Lipinski definition) is 1. The summed E-state index contributed by atoms with van der Waals surface area (Å²) in [6.07, 6.45) is 2.27. The molecule has 0 saturated carbocycles. The van der Waals surface area contributed by atoms with Gasteiger partial charge in [-0.05, 0) is 25.3 Å². The van der Waals surface area contributed by atoms with Crippen molar-refractivity contribution in [3.8, 4) is 0 Å². The molecule has 2 heteroatoms. The summed E-state index contributed by atoms with van der Waals surface area (Å²) in [5, 5.41) is 3.88. The lowest BCUT2D eigenvalue weighted by molar-refractivity contribution is 0.330. The Bertz CT molecular complexity index is 103. The highest BCUT2D eigenvalue weighted by Crippen LogP contribution is 2.18. The van der Waals surface area contributed by atoms with E-state index < -0.39 is 0 Å². The van der Waals surface area contributed by atoms with Gasteiger partial charge in [-0.15, -0.1) is 11.6 Å². The van der Waals surface area contributed by atoms with Crippen LogP contribution in [0.5, 0.6) is 0 Å². The third-order valence-corrected chi connectivity index (χ3v) is 2.57. The van der Waals surface area contributed by atoms with Crippen LogP contribution in [0.4, 0.5) is 0 Å². The van der Waals surface area contributed by atoms with E-state index in [2.05, 4.69) is 19.2 Å². The molecule has 0 aromatic rings. The topological polar surface area (TPSA) is 12.0 Å². The van der Waals surface area contributed by atoms with Gasteiger partial charge in [0.15, 0.2) is 0 Å². The van der Waals surface area contributed by atoms with Crippen molar-refractivity contribution in [3.63, 3.8) is 0 Å². The Hall–Kier alpha value is 0.250. The first kappa shape index (κ1) is 8.35. The van der Waals surface area contributed by atoms with Gasteiger partial charge in [0.25, 0.3) is 0 Å². The van der Waals surface area contributed by atoms with Gasteiger partial charge >= 0.3 is 0 Å². The van der Waals surface area contributed by atoms with E-state index in [-0.39, 0.29) is 0 Å². The van der Waals surface area contributed by atoms with Crippen molar-refractivity contribution in [1.82, 2.24) is 5.32 Å². The molecule has 0 spiro atoms.